The van der Waals surface area contributed by atoms with Gasteiger partial charge in [-0.3, -0.25) is 4.79 Å². The van der Waals surface area contributed by atoms with Gasteiger partial charge in [-0.25, -0.2) is 9.49 Å². The lowest BCUT2D eigenvalue weighted by atomic mass is 10.0. The SMILES string of the molecule is N#CN=C(N1CCC1)N1CCP(c2cc(Cc3n[nH]c(=O)c4ccccc34)ccc2F)CC1. The van der Waals surface area contributed by atoms with E-state index in [0.29, 0.717) is 11.8 Å². The molecule has 168 valence electrons. The number of aliphatic imine (C=N–C) groups is 1. The van der Waals surface area contributed by atoms with Crippen molar-refractivity contribution in [3.05, 3.63) is 69.9 Å². The fourth-order valence-electron chi connectivity index (χ4n) is 4.46. The number of fused-ring (bicyclic) bond motifs is 1. The molecular formula is C24H24FN6OP. The maximum absolute atomic E-state index is 14.8. The number of nitrogens with zero attached hydrogens (tertiary/aromatic N) is 5. The lowest BCUT2D eigenvalue weighted by Gasteiger charge is -2.42. The number of nitrogens with one attached hydrogen (secondary N) is 1. The molecule has 5 rings (SSSR count). The molecule has 3 aromatic rings. The normalized spacial score (nSPS) is 17.2. The van der Waals surface area contributed by atoms with Gasteiger partial charge in [0, 0.05) is 43.3 Å². The quantitative estimate of drug-likeness (QED) is 0.280. The molecule has 3 heterocycles. The Balaban J connectivity index is 1.34. The summed E-state index contributed by atoms with van der Waals surface area (Å²) in [6.45, 7) is 3.43. The van der Waals surface area contributed by atoms with E-state index in [2.05, 4.69) is 25.0 Å². The average molecular weight is 462 g/mol. The first-order valence-corrected chi connectivity index (χ1v) is 12.8. The Morgan fingerprint density at radius 3 is 2.55 bits per heavy atom. The lowest BCUT2D eigenvalue weighted by Crippen LogP contribution is -2.53. The summed E-state index contributed by atoms with van der Waals surface area (Å²) in [5, 5.41) is 18.1. The van der Waals surface area contributed by atoms with E-state index < -0.39 is 7.92 Å². The molecule has 0 amide bonds. The topological polar surface area (TPSA) is 88.4 Å². The second-order valence-electron chi connectivity index (χ2n) is 8.33. The number of halogens is 1. The summed E-state index contributed by atoms with van der Waals surface area (Å²) in [4.78, 5) is 20.4. The van der Waals surface area contributed by atoms with Crippen molar-refractivity contribution in [3.8, 4) is 6.19 Å². The monoisotopic (exact) mass is 462 g/mol. The number of hydrogen-bond donors (Lipinski definition) is 1. The van der Waals surface area contributed by atoms with Crippen LogP contribution in [0.3, 0.4) is 0 Å². The van der Waals surface area contributed by atoms with E-state index in [1.807, 2.05) is 30.5 Å². The summed E-state index contributed by atoms with van der Waals surface area (Å²) in [5.74, 6) is 0.606. The lowest BCUT2D eigenvalue weighted by molar-refractivity contribution is 0.251. The minimum absolute atomic E-state index is 0.161. The summed E-state index contributed by atoms with van der Waals surface area (Å²) in [5.41, 5.74) is 1.55. The van der Waals surface area contributed by atoms with E-state index in [9.17, 15) is 9.18 Å². The van der Waals surface area contributed by atoms with Crippen molar-refractivity contribution < 1.29 is 4.39 Å². The van der Waals surface area contributed by atoms with Crippen molar-refractivity contribution in [2.45, 2.75) is 12.8 Å². The van der Waals surface area contributed by atoms with Crippen LogP contribution in [0.5, 0.6) is 0 Å². The highest BCUT2D eigenvalue weighted by Gasteiger charge is 2.29. The van der Waals surface area contributed by atoms with Gasteiger partial charge in [0.15, 0.2) is 0 Å². The Morgan fingerprint density at radius 1 is 1.12 bits per heavy atom. The number of rotatable bonds is 3. The molecule has 2 saturated heterocycles. The molecule has 7 nitrogen and oxygen atoms in total. The Bertz CT molecular complexity index is 1300. The first-order chi connectivity index (χ1) is 16.1. The molecule has 2 aromatic carbocycles. The van der Waals surface area contributed by atoms with E-state index in [4.69, 9.17) is 5.26 Å². The van der Waals surface area contributed by atoms with Crippen molar-refractivity contribution in [1.82, 2.24) is 20.0 Å². The molecule has 0 aliphatic carbocycles. The largest absolute Gasteiger partial charge is 0.342 e. The van der Waals surface area contributed by atoms with Crippen molar-refractivity contribution in [3.63, 3.8) is 0 Å². The van der Waals surface area contributed by atoms with Crippen LogP contribution in [0, 0.1) is 17.3 Å². The first kappa shape index (κ1) is 21.5. The maximum Gasteiger partial charge on any atom is 0.272 e. The molecule has 1 N–H and O–H groups in total. The van der Waals surface area contributed by atoms with Crippen LogP contribution in [0.1, 0.15) is 17.7 Å². The van der Waals surface area contributed by atoms with Gasteiger partial charge in [0.2, 0.25) is 12.2 Å². The van der Waals surface area contributed by atoms with Gasteiger partial charge in [-0.2, -0.15) is 10.4 Å². The number of likely N-dealkylation sites (tertiary alicyclic amines) is 1. The van der Waals surface area contributed by atoms with Crippen LogP contribution >= 0.6 is 7.92 Å². The predicted molar refractivity (Wildman–Crippen MR) is 129 cm³/mol. The van der Waals surface area contributed by atoms with Crippen molar-refractivity contribution in [1.29, 1.82) is 5.26 Å². The smallest absolute Gasteiger partial charge is 0.272 e. The van der Waals surface area contributed by atoms with Gasteiger partial charge < -0.3 is 9.80 Å². The Hall–Kier alpha value is -3.30. The number of aromatic amines is 1. The minimum atomic E-state index is -0.636. The summed E-state index contributed by atoms with van der Waals surface area (Å²) in [6, 6.07) is 12.7. The fourth-order valence-corrected chi connectivity index (χ4v) is 6.86. The van der Waals surface area contributed by atoms with Crippen LogP contribution in [0.25, 0.3) is 10.8 Å². The zero-order valence-corrected chi connectivity index (χ0v) is 19.1. The minimum Gasteiger partial charge on any atom is -0.342 e. The maximum atomic E-state index is 14.8. The van der Waals surface area contributed by atoms with Gasteiger partial charge in [0.05, 0.1) is 11.1 Å². The van der Waals surface area contributed by atoms with Crippen molar-refractivity contribution >= 4 is 30.0 Å². The molecule has 33 heavy (non-hydrogen) atoms. The zero-order chi connectivity index (χ0) is 22.8. The van der Waals surface area contributed by atoms with Gasteiger partial charge in [-0.1, -0.05) is 32.2 Å². The van der Waals surface area contributed by atoms with Crippen LogP contribution in [0.2, 0.25) is 0 Å². The number of benzene rings is 2. The van der Waals surface area contributed by atoms with Crippen LogP contribution < -0.4 is 10.9 Å². The third-order valence-corrected chi connectivity index (χ3v) is 8.85. The molecule has 0 spiro atoms. The highest BCUT2D eigenvalue weighted by atomic mass is 31.1. The molecule has 2 fully saturated rings. The summed E-state index contributed by atoms with van der Waals surface area (Å²) in [7, 11) is -0.636. The van der Waals surface area contributed by atoms with Crippen LogP contribution in [-0.2, 0) is 6.42 Å². The van der Waals surface area contributed by atoms with Gasteiger partial charge >= 0.3 is 0 Å². The molecule has 9 heteroatoms. The Kier molecular flexibility index (Phi) is 6.06. The molecule has 2 aliphatic rings. The van der Waals surface area contributed by atoms with E-state index in [0.717, 1.165) is 72.8 Å². The van der Waals surface area contributed by atoms with Crippen LogP contribution in [-0.4, -0.2) is 64.5 Å². The number of nitriles is 1. The zero-order valence-electron chi connectivity index (χ0n) is 18.2. The number of aromatic nitrogens is 2. The summed E-state index contributed by atoms with van der Waals surface area (Å²) < 4.78 is 14.8. The van der Waals surface area contributed by atoms with E-state index in [-0.39, 0.29) is 11.4 Å². The van der Waals surface area contributed by atoms with Gasteiger partial charge in [0.1, 0.15) is 5.82 Å². The number of H-pyrrole nitrogens is 1. The molecule has 0 saturated carbocycles. The fraction of sp³-hybridized carbons (Fsp3) is 0.333. The number of hydrogen-bond acceptors (Lipinski definition) is 4. The Morgan fingerprint density at radius 2 is 1.85 bits per heavy atom. The summed E-state index contributed by atoms with van der Waals surface area (Å²) >= 11 is 0. The Labute approximate surface area is 192 Å². The second kappa shape index (κ2) is 9.29. The molecule has 2 aliphatic heterocycles. The van der Waals surface area contributed by atoms with Crippen LogP contribution in [0.15, 0.2) is 52.3 Å². The molecule has 0 radical (unpaired) electrons. The summed E-state index contributed by atoms with van der Waals surface area (Å²) in [6.07, 6.45) is 5.32. The van der Waals surface area contributed by atoms with E-state index in [1.54, 1.807) is 18.2 Å². The molecule has 0 atom stereocenters. The van der Waals surface area contributed by atoms with Crippen LogP contribution in [0.4, 0.5) is 4.39 Å². The second-order valence-corrected chi connectivity index (χ2v) is 10.8. The van der Waals surface area contributed by atoms with Gasteiger partial charge in [0.25, 0.3) is 5.56 Å². The highest BCUT2D eigenvalue weighted by Crippen LogP contribution is 2.38. The molecule has 1 aromatic heterocycles. The number of guanidine groups is 1. The molecule has 0 bridgehead atoms. The predicted octanol–water partition coefficient (Wildman–Crippen LogP) is 2.62. The first-order valence-electron chi connectivity index (χ1n) is 11.1. The molecular weight excluding hydrogens is 438 g/mol. The molecule has 0 unspecified atom stereocenters. The standard InChI is InChI=1S/C24H24FN6OP/c25-20-7-6-17(14-21-18-4-1-2-5-19(18)23(32)29-28-21)15-22(20)33-12-10-31(11-13-33)24(27-16-26)30-8-3-9-30/h1-2,4-7,15H,3,8-14H2,(H,29,32). The van der Waals surface area contributed by atoms with Crippen molar-refractivity contribution in [2.75, 3.05) is 38.5 Å². The third kappa shape index (κ3) is 4.34. The van der Waals surface area contributed by atoms with E-state index >= 15 is 0 Å². The van der Waals surface area contributed by atoms with Crippen molar-refractivity contribution in [2.24, 2.45) is 4.99 Å². The highest BCUT2D eigenvalue weighted by molar-refractivity contribution is 7.65. The van der Waals surface area contributed by atoms with Gasteiger partial charge in [-0.05, 0) is 42.5 Å². The third-order valence-electron chi connectivity index (χ3n) is 6.35. The average Bonchev–Trinajstić information content (AvgIpc) is 2.81. The van der Waals surface area contributed by atoms with E-state index in [1.165, 1.54) is 0 Å². The van der Waals surface area contributed by atoms with Gasteiger partial charge in [-0.15, -0.1) is 4.99 Å².